The summed E-state index contributed by atoms with van der Waals surface area (Å²) < 4.78 is 7.66. The van der Waals surface area contributed by atoms with E-state index in [1.54, 1.807) is 11.5 Å². The number of hydrogen-bond donors (Lipinski definition) is 0. The van der Waals surface area contributed by atoms with Crippen molar-refractivity contribution in [1.82, 2.24) is 4.57 Å². The van der Waals surface area contributed by atoms with Gasteiger partial charge in [0.05, 0.1) is 22.4 Å². The van der Waals surface area contributed by atoms with E-state index in [0.29, 0.717) is 20.6 Å². The van der Waals surface area contributed by atoms with Crippen LogP contribution in [0.5, 0.6) is 0 Å². The van der Waals surface area contributed by atoms with Crippen LogP contribution in [0, 0.1) is 6.92 Å². The van der Waals surface area contributed by atoms with Gasteiger partial charge in [-0.25, -0.2) is 9.79 Å². The Hall–Kier alpha value is -3.55. The molecule has 0 bridgehead atoms. The fraction of sp³-hybridized carbons (Fsp3) is 0.148. The molecule has 2 aromatic heterocycles. The summed E-state index contributed by atoms with van der Waals surface area (Å²) in [6.07, 6.45) is 1.88. The minimum atomic E-state index is -0.606. The van der Waals surface area contributed by atoms with Crippen LogP contribution in [0.3, 0.4) is 0 Å². The normalized spacial score (nSPS) is 15.7. The molecule has 3 heterocycles. The van der Waals surface area contributed by atoms with Crippen molar-refractivity contribution in [3.63, 3.8) is 0 Å². The lowest BCUT2D eigenvalue weighted by atomic mass is 9.97. The number of nitrogens with zero attached hydrogens (tertiary/aromatic N) is 2. The molecule has 1 atom stereocenters. The molecule has 0 radical (unpaired) electrons. The summed E-state index contributed by atoms with van der Waals surface area (Å²) in [5.74, 6) is -0.462. The fourth-order valence-electron chi connectivity index (χ4n) is 3.97. The number of thiophene rings is 1. The molecule has 0 spiro atoms. The van der Waals surface area contributed by atoms with E-state index >= 15 is 0 Å². The van der Waals surface area contributed by atoms with Crippen LogP contribution in [0.4, 0.5) is 0 Å². The number of carbonyl (C=O) groups excluding carboxylic acids is 1. The van der Waals surface area contributed by atoms with Crippen LogP contribution in [-0.2, 0) is 9.53 Å². The third-order valence-corrected chi connectivity index (χ3v) is 7.47. The van der Waals surface area contributed by atoms with Crippen LogP contribution >= 0.6 is 22.7 Å². The maximum absolute atomic E-state index is 13.7. The first kappa shape index (κ1) is 22.3. The zero-order valence-electron chi connectivity index (χ0n) is 18.7. The van der Waals surface area contributed by atoms with Gasteiger partial charge in [-0.05, 0) is 36.9 Å². The van der Waals surface area contributed by atoms with E-state index in [9.17, 15) is 9.59 Å². The van der Waals surface area contributed by atoms with Crippen molar-refractivity contribution in [3.8, 4) is 0 Å². The van der Waals surface area contributed by atoms with Crippen molar-refractivity contribution < 1.29 is 9.53 Å². The first-order valence-electron chi connectivity index (χ1n) is 11.0. The van der Waals surface area contributed by atoms with Gasteiger partial charge in [-0.15, -0.1) is 11.3 Å². The molecule has 34 heavy (non-hydrogen) atoms. The molecule has 5 nitrogen and oxygen atoms in total. The highest BCUT2D eigenvalue weighted by atomic mass is 32.1. The summed E-state index contributed by atoms with van der Waals surface area (Å²) >= 11 is 2.84. The maximum atomic E-state index is 13.7. The number of rotatable bonds is 5. The van der Waals surface area contributed by atoms with Gasteiger partial charge in [0.2, 0.25) is 0 Å². The van der Waals surface area contributed by atoms with Crippen molar-refractivity contribution in [2.75, 3.05) is 6.61 Å². The van der Waals surface area contributed by atoms with Crippen LogP contribution in [-0.4, -0.2) is 17.1 Å². The molecule has 0 amide bonds. The van der Waals surface area contributed by atoms with Gasteiger partial charge in [0.25, 0.3) is 5.56 Å². The highest BCUT2D eigenvalue weighted by Crippen LogP contribution is 2.36. The van der Waals surface area contributed by atoms with Crippen LogP contribution in [0.25, 0.3) is 11.8 Å². The lowest BCUT2D eigenvalue weighted by molar-refractivity contribution is -0.138. The third-order valence-electron chi connectivity index (χ3n) is 5.56. The molecule has 0 fully saturated rings. The van der Waals surface area contributed by atoms with Crippen molar-refractivity contribution in [2.24, 2.45) is 4.99 Å². The Balaban J connectivity index is 1.81. The summed E-state index contributed by atoms with van der Waals surface area (Å²) in [6.45, 7) is 4.04. The summed E-state index contributed by atoms with van der Waals surface area (Å²) in [7, 11) is 0. The predicted molar refractivity (Wildman–Crippen MR) is 137 cm³/mol. The van der Waals surface area contributed by atoms with Crippen molar-refractivity contribution >= 4 is 40.4 Å². The standard InChI is InChI=1S/C27H22N2O3S2/c1-3-32-26(31)22-23(19-8-5-4-6-9-19)28-27-29(24(22)20-10-7-15-33-20)25(30)21(34-27)16-18-13-11-17(2)12-14-18/h4-16,24H,3H2,1-2H3/b21-16+/t24-/m1/s1. The molecule has 0 aliphatic carbocycles. The molecule has 1 aliphatic heterocycles. The van der Waals surface area contributed by atoms with Crippen molar-refractivity contribution in [2.45, 2.75) is 19.9 Å². The Kier molecular flexibility index (Phi) is 6.13. The van der Waals surface area contributed by atoms with E-state index in [4.69, 9.17) is 9.73 Å². The van der Waals surface area contributed by atoms with Crippen LogP contribution in [0.2, 0.25) is 0 Å². The van der Waals surface area contributed by atoms with Crippen LogP contribution in [0.1, 0.15) is 34.5 Å². The molecule has 4 aromatic rings. The van der Waals surface area contributed by atoms with Gasteiger partial charge in [0, 0.05) is 10.4 Å². The van der Waals surface area contributed by atoms with Gasteiger partial charge < -0.3 is 4.74 Å². The Morgan fingerprint density at radius 1 is 1.09 bits per heavy atom. The molecular weight excluding hydrogens is 464 g/mol. The average molecular weight is 487 g/mol. The lowest BCUT2D eigenvalue weighted by Crippen LogP contribution is -2.39. The van der Waals surface area contributed by atoms with Gasteiger partial charge >= 0.3 is 5.97 Å². The molecule has 5 rings (SSSR count). The van der Waals surface area contributed by atoms with Gasteiger partial charge in [-0.3, -0.25) is 9.36 Å². The summed E-state index contributed by atoms with van der Waals surface area (Å²) in [4.78, 5) is 33.2. The molecule has 0 N–H and O–H groups in total. The van der Waals surface area contributed by atoms with Crippen molar-refractivity contribution in [3.05, 3.63) is 119 Å². The first-order valence-corrected chi connectivity index (χ1v) is 12.6. The van der Waals surface area contributed by atoms with Crippen molar-refractivity contribution in [1.29, 1.82) is 0 Å². The maximum Gasteiger partial charge on any atom is 0.338 e. The number of thiazole rings is 1. The van der Waals surface area contributed by atoms with Gasteiger partial charge in [-0.1, -0.05) is 77.6 Å². The average Bonchev–Trinajstić information content (AvgIpc) is 3.49. The van der Waals surface area contributed by atoms with E-state index in [-0.39, 0.29) is 12.2 Å². The second-order valence-corrected chi connectivity index (χ2v) is 9.85. The Morgan fingerprint density at radius 2 is 1.85 bits per heavy atom. The smallest absolute Gasteiger partial charge is 0.338 e. The number of aryl methyl sites for hydroxylation is 1. The summed E-state index contributed by atoms with van der Waals surface area (Å²) in [5.41, 5.74) is 3.66. The van der Waals surface area contributed by atoms with Gasteiger partial charge in [-0.2, -0.15) is 0 Å². The summed E-state index contributed by atoms with van der Waals surface area (Å²) in [5, 5.41) is 1.95. The number of hydrogen-bond acceptors (Lipinski definition) is 6. The number of benzene rings is 2. The Labute approximate surface area is 204 Å². The number of aromatic nitrogens is 1. The topological polar surface area (TPSA) is 60.7 Å². The molecule has 0 saturated heterocycles. The Morgan fingerprint density at radius 3 is 2.53 bits per heavy atom. The molecule has 170 valence electrons. The minimum Gasteiger partial charge on any atom is -0.463 e. The quantitative estimate of drug-likeness (QED) is 0.395. The highest BCUT2D eigenvalue weighted by Gasteiger charge is 2.35. The third kappa shape index (κ3) is 4.08. The van der Waals surface area contributed by atoms with Crippen LogP contribution < -0.4 is 14.9 Å². The number of esters is 1. The first-order chi connectivity index (χ1) is 16.6. The minimum absolute atomic E-state index is 0.170. The highest BCUT2D eigenvalue weighted by molar-refractivity contribution is 7.10. The van der Waals surface area contributed by atoms with Crippen LogP contribution in [0.15, 0.2) is 87.5 Å². The second kappa shape index (κ2) is 9.37. The zero-order chi connectivity index (χ0) is 23.7. The van der Waals surface area contributed by atoms with Gasteiger partial charge in [0.15, 0.2) is 4.80 Å². The molecule has 0 saturated carbocycles. The Bertz CT molecular complexity index is 1540. The lowest BCUT2D eigenvalue weighted by Gasteiger charge is -2.24. The van der Waals surface area contributed by atoms with E-state index in [1.165, 1.54) is 22.7 Å². The SMILES string of the molecule is CCOC(=O)C1=C(c2ccccc2)N=c2s/c(=C/c3ccc(C)cc3)c(=O)n2[C@@H]1c1cccs1. The molecule has 1 aliphatic rings. The zero-order valence-corrected chi connectivity index (χ0v) is 20.4. The molecular formula is C27H22N2O3S2. The van der Waals surface area contributed by atoms with E-state index in [1.807, 2.05) is 85.1 Å². The van der Waals surface area contributed by atoms with Gasteiger partial charge in [0.1, 0.15) is 6.04 Å². The molecule has 0 unspecified atom stereocenters. The summed E-state index contributed by atoms with van der Waals surface area (Å²) in [6, 6.07) is 20.9. The number of fused-ring (bicyclic) bond motifs is 1. The van der Waals surface area contributed by atoms with E-state index < -0.39 is 12.0 Å². The van der Waals surface area contributed by atoms with E-state index in [0.717, 1.165) is 21.6 Å². The number of ether oxygens (including phenoxy) is 1. The predicted octanol–water partition coefficient (Wildman–Crippen LogP) is 4.31. The monoisotopic (exact) mass is 486 g/mol. The molecule has 7 heteroatoms. The number of carbonyl (C=O) groups is 1. The largest absolute Gasteiger partial charge is 0.463 e. The molecule has 2 aromatic carbocycles. The second-order valence-electron chi connectivity index (χ2n) is 7.86. The van der Waals surface area contributed by atoms with E-state index in [2.05, 4.69) is 0 Å². The fourth-order valence-corrected chi connectivity index (χ4v) is 5.79.